The number of benzene rings is 1. The Labute approximate surface area is 161 Å². The molecule has 27 heavy (non-hydrogen) atoms. The van der Waals surface area contributed by atoms with Crippen molar-refractivity contribution in [2.24, 2.45) is 5.41 Å². The van der Waals surface area contributed by atoms with Gasteiger partial charge in [0.2, 0.25) is 0 Å². The molecule has 0 bridgehead atoms. The molecular formula is C23H28N2O2. The van der Waals surface area contributed by atoms with Gasteiger partial charge in [0.1, 0.15) is 5.70 Å². The molecule has 142 valence electrons. The molecule has 5 rings (SSSR count). The molecule has 1 fully saturated rings. The first kappa shape index (κ1) is 17.1. The first-order chi connectivity index (χ1) is 13.2. The smallest absolute Gasteiger partial charge is 0.354 e. The van der Waals surface area contributed by atoms with E-state index in [1.807, 2.05) is 6.92 Å². The number of anilines is 1. The minimum atomic E-state index is -0.185. The number of carbonyl (C=O) groups is 1. The van der Waals surface area contributed by atoms with Gasteiger partial charge in [-0.05, 0) is 68.9 Å². The first-order valence-corrected chi connectivity index (χ1v) is 10.4. The molecule has 4 nitrogen and oxygen atoms in total. The zero-order chi connectivity index (χ0) is 18.6. The Morgan fingerprint density at radius 1 is 1.26 bits per heavy atom. The van der Waals surface area contributed by atoms with Crippen LogP contribution in [0.15, 0.2) is 47.3 Å². The molecule has 2 atom stereocenters. The summed E-state index contributed by atoms with van der Waals surface area (Å²) in [6.07, 6.45) is 7.81. The molecule has 4 aliphatic rings. The lowest BCUT2D eigenvalue weighted by Gasteiger charge is -2.58. The number of hydrogen-bond donors (Lipinski definition) is 0. The van der Waals surface area contributed by atoms with E-state index in [4.69, 9.17) is 4.74 Å². The lowest BCUT2D eigenvalue weighted by atomic mass is 9.64. The molecule has 1 saturated heterocycles. The summed E-state index contributed by atoms with van der Waals surface area (Å²) in [5.41, 5.74) is 6.16. The fraction of sp³-hybridized carbons (Fsp3) is 0.522. The van der Waals surface area contributed by atoms with Crippen LogP contribution in [0.1, 0.15) is 45.1 Å². The Morgan fingerprint density at radius 3 is 2.93 bits per heavy atom. The van der Waals surface area contributed by atoms with Crippen molar-refractivity contribution in [1.29, 1.82) is 0 Å². The highest BCUT2D eigenvalue weighted by molar-refractivity contribution is 5.96. The fourth-order valence-corrected chi connectivity index (χ4v) is 5.80. The van der Waals surface area contributed by atoms with E-state index in [1.54, 1.807) is 0 Å². The normalized spacial score (nSPS) is 29.0. The van der Waals surface area contributed by atoms with Crippen LogP contribution in [-0.4, -0.2) is 36.6 Å². The molecule has 0 unspecified atom stereocenters. The van der Waals surface area contributed by atoms with Gasteiger partial charge < -0.3 is 9.64 Å². The maximum atomic E-state index is 13.0. The molecule has 4 aliphatic heterocycles. The highest BCUT2D eigenvalue weighted by Crippen LogP contribution is 2.54. The maximum Gasteiger partial charge on any atom is 0.354 e. The van der Waals surface area contributed by atoms with Gasteiger partial charge in [-0.3, -0.25) is 4.90 Å². The number of carbonyl (C=O) groups excluding carboxylic acids is 1. The van der Waals surface area contributed by atoms with E-state index in [9.17, 15) is 4.79 Å². The molecule has 4 heterocycles. The number of esters is 1. The van der Waals surface area contributed by atoms with Crippen molar-refractivity contribution in [3.63, 3.8) is 0 Å². The molecule has 0 amide bonds. The molecule has 0 aromatic heterocycles. The van der Waals surface area contributed by atoms with Crippen LogP contribution in [-0.2, 0) is 16.0 Å². The van der Waals surface area contributed by atoms with Gasteiger partial charge in [0, 0.05) is 23.3 Å². The van der Waals surface area contributed by atoms with Crippen molar-refractivity contribution in [2.75, 3.05) is 24.6 Å². The van der Waals surface area contributed by atoms with E-state index < -0.39 is 0 Å². The van der Waals surface area contributed by atoms with Crippen molar-refractivity contribution in [3.05, 3.63) is 52.9 Å². The largest absolute Gasteiger partial charge is 0.461 e. The monoisotopic (exact) mass is 364 g/mol. The Balaban J connectivity index is 1.76. The number of hydrogen-bond acceptors (Lipinski definition) is 4. The molecule has 0 radical (unpaired) electrons. The lowest BCUT2D eigenvalue weighted by molar-refractivity contribution is -0.138. The third-order valence-electron chi connectivity index (χ3n) is 7.00. The molecule has 1 aromatic carbocycles. The minimum Gasteiger partial charge on any atom is -0.461 e. The van der Waals surface area contributed by atoms with Crippen molar-refractivity contribution in [1.82, 2.24) is 4.90 Å². The second-order valence-electron chi connectivity index (χ2n) is 8.26. The van der Waals surface area contributed by atoms with Crippen molar-refractivity contribution in [2.45, 2.75) is 52.0 Å². The summed E-state index contributed by atoms with van der Waals surface area (Å²) >= 11 is 0. The summed E-state index contributed by atoms with van der Waals surface area (Å²) < 4.78 is 5.51. The summed E-state index contributed by atoms with van der Waals surface area (Å²) in [5.74, 6) is -0.185. The fourth-order valence-electron chi connectivity index (χ4n) is 5.80. The number of fused-ring (bicyclic) bond motifs is 2. The molecule has 0 saturated carbocycles. The van der Waals surface area contributed by atoms with Crippen LogP contribution in [0.3, 0.4) is 0 Å². The third-order valence-corrected chi connectivity index (χ3v) is 7.00. The zero-order valence-electron chi connectivity index (χ0n) is 16.3. The Hall–Kier alpha value is -2.07. The van der Waals surface area contributed by atoms with Gasteiger partial charge in [0.15, 0.2) is 0 Å². The third kappa shape index (κ3) is 2.35. The number of piperidine rings is 1. The predicted molar refractivity (Wildman–Crippen MR) is 106 cm³/mol. The number of nitrogens with zero attached hydrogens (tertiary/aromatic N) is 2. The minimum absolute atomic E-state index is 0.0458. The van der Waals surface area contributed by atoms with E-state index in [2.05, 4.69) is 47.1 Å². The van der Waals surface area contributed by atoms with E-state index >= 15 is 0 Å². The first-order valence-electron chi connectivity index (χ1n) is 10.4. The number of rotatable bonds is 3. The quantitative estimate of drug-likeness (QED) is 0.758. The standard InChI is InChI=1S/C23H28N2O2/c1-3-23-11-7-12-24-13-10-17-14-16-8-5-6-9-18(16)25(20(17)21(23)24)19(15-23)22(26)27-4-2/h5-6,8-9,15,21H,3-4,7,10-14H2,1-2H3/t21-,23+/m1/s1. The summed E-state index contributed by atoms with van der Waals surface area (Å²) in [4.78, 5) is 18.0. The van der Waals surface area contributed by atoms with Gasteiger partial charge >= 0.3 is 5.97 Å². The van der Waals surface area contributed by atoms with Crippen molar-refractivity contribution >= 4 is 11.7 Å². The summed E-state index contributed by atoms with van der Waals surface area (Å²) in [6.45, 7) is 6.89. The maximum absolute atomic E-state index is 13.0. The molecule has 0 aliphatic carbocycles. The summed E-state index contributed by atoms with van der Waals surface area (Å²) in [5, 5.41) is 0. The topological polar surface area (TPSA) is 32.8 Å². The van der Waals surface area contributed by atoms with E-state index in [1.165, 1.54) is 29.8 Å². The van der Waals surface area contributed by atoms with Gasteiger partial charge in [-0.1, -0.05) is 25.1 Å². The van der Waals surface area contributed by atoms with Gasteiger partial charge in [-0.2, -0.15) is 0 Å². The molecule has 4 heteroatoms. The van der Waals surface area contributed by atoms with Gasteiger partial charge in [0.25, 0.3) is 0 Å². The van der Waals surface area contributed by atoms with Crippen LogP contribution < -0.4 is 4.90 Å². The van der Waals surface area contributed by atoms with Crippen molar-refractivity contribution < 1.29 is 9.53 Å². The van der Waals surface area contributed by atoms with Crippen molar-refractivity contribution in [3.8, 4) is 0 Å². The molecular weight excluding hydrogens is 336 g/mol. The average molecular weight is 364 g/mol. The lowest BCUT2D eigenvalue weighted by Crippen LogP contribution is -2.61. The summed E-state index contributed by atoms with van der Waals surface area (Å²) in [6, 6.07) is 8.94. The SMILES string of the molecule is CCOC(=O)C1=C[C@]2(CC)CCCN3CCC4=C([C@@H]32)N1c1ccccc1C4. The van der Waals surface area contributed by atoms with Gasteiger partial charge in [0.05, 0.1) is 12.6 Å². The highest BCUT2D eigenvalue weighted by Gasteiger charge is 2.53. The second-order valence-corrected chi connectivity index (χ2v) is 8.26. The van der Waals surface area contributed by atoms with E-state index in [0.717, 1.165) is 43.6 Å². The van der Waals surface area contributed by atoms with Crippen LogP contribution in [0, 0.1) is 5.41 Å². The molecule has 0 N–H and O–H groups in total. The van der Waals surface area contributed by atoms with E-state index in [0.29, 0.717) is 12.6 Å². The Bertz CT molecular complexity index is 856. The zero-order valence-corrected chi connectivity index (χ0v) is 16.3. The highest BCUT2D eigenvalue weighted by atomic mass is 16.5. The van der Waals surface area contributed by atoms with Crippen LogP contribution in [0.2, 0.25) is 0 Å². The average Bonchev–Trinajstić information content (AvgIpc) is 2.71. The predicted octanol–water partition coefficient (Wildman–Crippen LogP) is 4.03. The second kappa shape index (κ2) is 6.23. The van der Waals surface area contributed by atoms with Crippen LogP contribution >= 0.6 is 0 Å². The number of para-hydroxylation sites is 1. The van der Waals surface area contributed by atoms with Crippen LogP contribution in [0.5, 0.6) is 0 Å². The summed E-state index contributed by atoms with van der Waals surface area (Å²) in [7, 11) is 0. The molecule has 1 aromatic rings. The van der Waals surface area contributed by atoms with Crippen LogP contribution in [0.4, 0.5) is 5.69 Å². The van der Waals surface area contributed by atoms with Gasteiger partial charge in [-0.15, -0.1) is 0 Å². The number of ether oxygens (including phenoxy) is 1. The molecule has 0 spiro atoms. The van der Waals surface area contributed by atoms with Gasteiger partial charge in [-0.25, -0.2) is 4.79 Å². The van der Waals surface area contributed by atoms with Crippen LogP contribution in [0.25, 0.3) is 0 Å². The Kier molecular flexibility index (Phi) is 3.94. The van der Waals surface area contributed by atoms with E-state index in [-0.39, 0.29) is 11.4 Å². The Morgan fingerprint density at radius 2 is 2.11 bits per heavy atom.